The van der Waals surface area contributed by atoms with E-state index in [1.54, 1.807) is 0 Å². The van der Waals surface area contributed by atoms with Crippen LogP contribution in [-0.2, 0) is 9.31 Å². The lowest BCUT2D eigenvalue weighted by Crippen LogP contribution is -2.41. The van der Waals surface area contributed by atoms with E-state index in [-0.39, 0.29) is 23.6 Å². The predicted octanol–water partition coefficient (Wildman–Crippen LogP) is 13.9. The quantitative estimate of drug-likeness (QED) is 0.152. The minimum absolute atomic E-state index is 0.202. The van der Waals surface area contributed by atoms with Crippen LogP contribution in [0, 0.1) is 0 Å². The number of benzene rings is 6. The highest BCUT2D eigenvalue weighted by molar-refractivity contribution is 6.62. The molecule has 0 spiro atoms. The zero-order valence-electron chi connectivity index (χ0n) is 39.5. The highest BCUT2D eigenvalue weighted by atomic mass is 35.5. The minimum atomic E-state index is -0.256. The fourth-order valence-corrected chi connectivity index (χ4v) is 6.06. The molecule has 2 aromatic heterocycles. The van der Waals surface area contributed by atoms with Gasteiger partial charge in [0, 0.05) is 27.8 Å². The Balaban J connectivity index is 0.000000249. The molecule has 0 saturated carbocycles. The average Bonchev–Trinajstić information content (AvgIpc) is 3.63. The first kappa shape index (κ1) is 53.8. The number of hydrogen-bond acceptors (Lipinski definition) is 8. The first-order valence-electron chi connectivity index (χ1n) is 21.8. The summed E-state index contributed by atoms with van der Waals surface area (Å²) in [7, 11) is 0.760. The van der Waals surface area contributed by atoms with E-state index >= 15 is 0 Å². The fraction of sp³-hybridized carbons (Fsp3) is 0.222. The SMILES string of the molecule is CC.CC.CC1(C)OB(c2ccccc2)OC1(C)C.CF.CF.Clc1nc(-c2ccccc2)nc(-c2ccccc2)n1.c1ccc(-c2nc(-c3ccccc3)nc(-c3ccccc3)n2)cc1. The molecule has 3 heterocycles. The van der Waals surface area contributed by atoms with Crippen molar-refractivity contribution in [3.8, 4) is 56.9 Å². The number of nitrogens with zero attached hydrogens (tertiary/aromatic N) is 6. The predicted molar refractivity (Wildman–Crippen MR) is 271 cm³/mol. The third-order valence-electron chi connectivity index (χ3n) is 9.73. The molecule has 0 atom stereocenters. The lowest BCUT2D eigenvalue weighted by Gasteiger charge is -2.32. The smallest absolute Gasteiger partial charge is 0.399 e. The molecular formula is C54H60BClF2N6O2. The van der Waals surface area contributed by atoms with Gasteiger partial charge >= 0.3 is 7.12 Å². The molecule has 342 valence electrons. The van der Waals surface area contributed by atoms with E-state index in [1.807, 2.05) is 210 Å². The normalized spacial score (nSPS) is 12.4. The van der Waals surface area contributed by atoms with Crippen molar-refractivity contribution in [1.82, 2.24) is 29.9 Å². The topological polar surface area (TPSA) is 95.8 Å². The second kappa shape index (κ2) is 28.4. The Morgan fingerprint density at radius 3 is 0.773 bits per heavy atom. The Labute approximate surface area is 395 Å². The molecule has 0 radical (unpaired) electrons. The molecule has 1 aliphatic heterocycles. The summed E-state index contributed by atoms with van der Waals surface area (Å²) >= 11 is 5.99. The Kier molecular flexibility index (Phi) is 23.2. The molecule has 66 heavy (non-hydrogen) atoms. The zero-order valence-corrected chi connectivity index (χ0v) is 40.3. The molecule has 0 N–H and O–H groups in total. The number of rotatable bonds is 6. The van der Waals surface area contributed by atoms with Gasteiger partial charge < -0.3 is 9.31 Å². The van der Waals surface area contributed by atoms with Crippen LogP contribution < -0.4 is 5.46 Å². The van der Waals surface area contributed by atoms with Crippen LogP contribution >= 0.6 is 11.6 Å². The standard InChI is InChI=1S/C21H15N3.C15H10ClN3.C12H17BO2.2C2H6.2CH3F/c1-4-10-16(11-5-1)19-22-20(17-12-6-2-7-13-17)24-21(23-19)18-14-8-3-9-15-18;16-15-18-13(11-7-3-1-4-8-11)17-14(19-15)12-9-5-2-6-10-12;1-11(2)12(3,4)15-13(14-11)10-8-6-5-7-9-10;4*1-2/h1-15H;1-10H;5-9H,1-4H3;2*1-2H3;2*1H3. The van der Waals surface area contributed by atoms with Gasteiger partial charge in [-0.15, -0.1) is 0 Å². The minimum Gasteiger partial charge on any atom is -0.399 e. The monoisotopic (exact) mass is 908 g/mol. The molecule has 1 saturated heterocycles. The largest absolute Gasteiger partial charge is 0.494 e. The van der Waals surface area contributed by atoms with Crippen LogP contribution in [0.3, 0.4) is 0 Å². The molecule has 8 aromatic rings. The summed E-state index contributed by atoms with van der Waals surface area (Å²) in [6, 6.07) is 59.5. The molecule has 0 unspecified atom stereocenters. The van der Waals surface area contributed by atoms with Crippen molar-refractivity contribution >= 4 is 24.2 Å². The van der Waals surface area contributed by atoms with Crippen LogP contribution in [-0.4, -0.2) is 62.6 Å². The lowest BCUT2D eigenvalue weighted by molar-refractivity contribution is 0.00578. The highest BCUT2D eigenvalue weighted by Crippen LogP contribution is 2.36. The summed E-state index contributed by atoms with van der Waals surface area (Å²) in [5.41, 5.74) is 5.35. The van der Waals surface area contributed by atoms with E-state index in [0.717, 1.165) is 33.3 Å². The fourth-order valence-electron chi connectivity index (χ4n) is 5.90. The average molecular weight is 909 g/mol. The van der Waals surface area contributed by atoms with Crippen LogP contribution in [0.2, 0.25) is 5.28 Å². The van der Waals surface area contributed by atoms with Gasteiger partial charge in [0.2, 0.25) is 5.28 Å². The van der Waals surface area contributed by atoms with Gasteiger partial charge in [-0.3, -0.25) is 8.78 Å². The molecule has 1 aliphatic rings. The Hall–Kier alpha value is -6.53. The van der Waals surface area contributed by atoms with Gasteiger partial charge in [0.05, 0.1) is 25.6 Å². The van der Waals surface area contributed by atoms with Gasteiger partial charge in [-0.2, -0.15) is 9.97 Å². The van der Waals surface area contributed by atoms with Gasteiger partial charge in [0.15, 0.2) is 29.1 Å². The van der Waals surface area contributed by atoms with Crippen LogP contribution in [0.15, 0.2) is 182 Å². The Morgan fingerprint density at radius 2 is 0.545 bits per heavy atom. The van der Waals surface area contributed by atoms with Crippen LogP contribution in [0.5, 0.6) is 0 Å². The third-order valence-corrected chi connectivity index (χ3v) is 9.90. The van der Waals surface area contributed by atoms with Gasteiger partial charge in [-0.1, -0.05) is 210 Å². The van der Waals surface area contributed by atoms with Gasteiger partial charge in [-0.25, -0.2) is 19.9 Å². The Bertz CT molecular complexity index is 2320. The maximum absolute atomic E-state index is 9.50. The van der Waals surface area contributed by atoms with Crippen molar-refractivity contribution in [1.29, 1.82) is 0 Å². The number of aromatic nitrogens is 6. The molecule has 0 bridgehead atoms. The summed E-state index contributed by atoms with van der Waals surface area (Å²) in [6.07, 6.45) is 0. The first-order chi connectivity index (χ1) is 32.1. The number of alkyl halides is 2. The second-order valence-corrected chi connectivity index (χ2v) is 14.7. The van der Waals surface area contributed by atoms with E-state index in [0.29, 0.717) is 43.5 Å². The van der Waals surface area contributed by atoms with Crippen molar-refractivity contribution in [2.45, 2.75) is 66.6 Å². The molecule has 8 nitrogen and oxygen atoms in total. The van der Waals surface area contributed by atoms with Crippen LogP contribution in [0.4, 0.5) is 8.78 Å². The molecule has 9 rings (SSSR count). The lowest BCUT2D eigenvalue weighted by atomic mass is 9.79. The summed E-state index contributed by atoms with van der Waals surface area (Å²) in [5, 5.41) is 0.202. The van der Waals surface area contributed by atoms with Gasteiger partial charge in [0.1, 0.15) is 0 Å². The van der Waals surface area contributed by atoms with E-state index in [9.17, 15) is 8.78 Å². The van der Waals surface area contributed by atoms with Crippen LogP contribution in [0.1, 0.15) is 55.4 Å². The molecule has 12 heteroatoms. The zero-order chi connectivity index (χ0) is 48.4. The first-order valence-corrected chi connectivity index (χ1v) is 22.1. The summed E-state index contributed by atoms with van der Waals surface area (Å²) < 4.78 is 30.9. The molecule has 0 aliphatic carbocycles. The van der Waals surface area contributed by atoms with E-state index in [2.05, 4.69) is 57.6 Å². The highest BCUT2D eigenvalue weighted by Gasteiger charge is 2.51. The van der Waals surface area contributed by atoms with E-state index in [4.69, 9.17) is 20.9 Å². The van der Waals surface area contributed by atoms with Crippen molar-refractivity contribution in [2.75, 3.05) is 14.4 Å². The number of halogens is 3. The molecular weight excluding hydrogens is 849 g/mol. The Morgan fingerprint density at radius 1 is 0.348 bits per heavy atom. The van der Waals surface area contributed by atoms with Crippen molar-refractivity contribution in [2.24, 2.45) is 0 Å². The summed E-state index contributed by atoms with van der Waals surface area (Å²) in [6.45, 7) is 16.3. The molecule has 1 fully saturated rings. The van der Waals surface area contributed by atoms with Gasteiger partial charge in [0.25, 0.3) is 0 Å². The van der Waals surface area contributed by atoms with E-state index < -0.39 is 0 Å². The third kappa shape index (κ3) is 15.6. The van der Waals surface area contributed by atoms with Crippen LogP contribution in [0.25, 0.3) is 56.9 Å². The van der Waals surface area contributed by atoms with Gasteiger partial charge in [-0.05, 0) is 44.8 Å². The van der Waals surface area contributed by atoms with Crippen molar-refractivity contribution in [3.63, 3.8) is 0 Å². The second-order valence-electron chi connectivity index (χ2n) is 14.4. The van der Waals surface area contributed by atoms with Crippen molar-refractivity contribution in [3.05, 3.63) is 187 Å². The van der Waals surface area contributed by atoms with E-state index in [1.165, 1.54) is 0 Å². The maximum atomic E-state index is 9.50. The summed E-state index contributed by atoms with van der Waals surface area (Å²) in [5.74, 6) is 3.22. The maximum Gasteiger partial charge on any atom is 0.494 e. The molecule has 0 amide bonds. The summed E-state index contributed by atoms with van der Waals surface area (Å²) in [4.78, 5) is 26.8. The molecule has 6 aromatic carbocycles. The van der Waals surface area contributed by atoms with Crippen molar-refractivity contribution < 1.29 is 18.1 Å². The number of hydrogen-bond donors (Lipinski definition) is 0.